The van der Waals surface area contributed by atoms with Crippen LogP contribution in [0, 0.1) is 0 Å². The number of rotatable bonds is 7. The Balaban J connectivity index is 2.07. The van der Waals surface area contributed by atoms with Crippen molar-refractivity contribution >= 4 is 28.3 Å². The molecule has 2 rings (SSSR count). The van der Waals surface area contributed by atoms with Crippen LogP contribution in [0.5, 0.6) is 0 Å². The molecule has 0 bridgehead atoms. The summed E-state index contributed by atoms with van der Waals surface area (Å²) in [5.41, 5.74) is 1.03. The van der Waals surface area contributed by atoms with Gasteiger partial charge in [0.1, 0.15) is 0 Å². The highest BCUT2D eigenvalue weighted by Gasteiger charge is 2.13. The Morgan fingerprint density at radius 1 is 1.24 bits per heavy atom. The zero-order chi connectivity index (χ0) is 15.1. The van der Waals surface area contributed by atoms with Crippen LogP contribution in [0.2, 0.25) is 0 Å². The maximum absolute atomic E-state index is 12.2. The fourth-order valence-electron chi connectivity index (χ4n) is 2.43. The molecular weight excluding hydrogens is 286 g/mol. The minimum atomic E-state index is -0.0324. The molecule has 0 spiro atoms. The minimum absolute atomic E-state index is 0.00137. The Hall–Kier alpha value is -1.58. The van der Waals surface area contributed by atoms with Gasteiger partial charge in [0, 0.05) is 13.0 Å². The van der Waals surface area contributed by atoms with Crippen molar-refractivity contribution in [1.29, 1.82) is 0 Å². The second kappa shape index (κ2) is 8.01. The SMILES string of the molecule is COCC(CCCl)NC(=O)Cc1cccc2ccccc12. The third-order valence-electron chi connectivity index (χ3n) is 3.42. The predicted octanol–water partition coefficient (Wildman–Crippen LogP) is 3.14. The Kier molecular flexibility index (Phi) is 6.03. The first-order valence-corrected chi connectivity index (χ1v) is 7.59. The number of ether oxygens (including phenoxy) is 1. The van der Waals surface area contributed by atoms with E-state index in [0.29, 0.717) is 25.3 Å². The first-order valence-electron chi connectivity index (χ1n) is 7.05. The summed E-state index contributed by atoms with van der Waals surface area (Å²) in [7, 11) is 1.62. The van der Waals surface area contributed by atoms with Gasteiger partial charge in [0.25, 0.3) is 0 Å². The van der Waals surface area contributed by atoms with E-state index in [1.807, 2.05) is 30.3 Å². The van der Waals surface area contributed by atoms with Crippen molar-refractivity contribution in [2.24, 2.45) is 0 Å². The molecule has 0 fully saturated rings. The average Bonchev–Trinajstić information content (AvgIpc) is 2.48. The van der Waals surface area contributed by atoms with Gasteiger partial charge in [-0.25, -0.2) is 0 Å². The van der Waals surface area contributed by atoms with Crippen molar-refractivity contribution in [3.8, 4) is 0 Å². The third-order valence-corrected chi connectivity index (χ3v) is 3.64. The molecule has 0 aromatic heterocycles. The Morgan fingerprint density at radius 2 is 2.00 bits per heavy atom. The van der Waals surface area contributed by atoms with Crippen molar-refractivity contribution in [1.82, 2.24) is 5.32 Å². The molecule has 2 aromatic carbocycles. The average molecular weight is 306 g/mol. The topological polar surface area (TPSA) is 38.3 Å². The van der Waals surface area contributed by atoms with E-state index in [0.717, 1.165) is 16.3 Å². The van der Waals surface area contributed by atoms with Crippen LogP contribution in [-0.4, -0.2) is 31.5 Å². The van der Waals surface area contributed by atoms with Crippen LogP contribution < -0.4 is 5.32 Å². The van der Waals surface area contributed by atoms with Crippen LogP contribution in [0.4, 0.5) is 0 Å². The van der Waals surface area contributed by atoms with Gasteiger partial charge in [-0.1, -0.05) is 42.5 Å². The Bertz CT molecular complexity index is 589. The second-order valence-corrected chi connectivity index (χ2v) is 5.39. The van der Waals surface area contributed by atoms with Crippen molar-refractivity contribution in [3.63, 3.8) is 0 Å². The largest absolute Gasteiger partial charge is 0.383 e. The van der Waals surface area contributed by atoms with E-state index < -0.39 is 0 Å². The molecule has 4 heteroatoms. The highest BCUT2D eigenvalue weighted by atomic mass is 35.5. The molecular formula is C17H20ClNO2. The van der Waals surface area contributed by atoms with E-state index in [-0.39, 0.29) is 11.9 Å². The molecule has 3 nitrogen and oxygen atoms in total. The number of methoxy groups -OCH3 is 1. The fourth-order valence-corrected chi connectivity index (χ4v) is 2.69. The summed E-state index contributed by atoms with van der Waals surface area (Å²) in [5, 5.41) is 5.25. The molecule has 112 valence electrons. The lowest BCUT2D eigenvalue weighted by atomic mass is 10.0. The summed E-state index contributed by atoms with van der Waals surface area (Å²) in [6, 6.07) is 14.1. The summed E-state index contributed by atoms with van der Waals surface area (Å²) in [6.45, 7) is 0.480. The minimum Gasteiger partial charge on any atom is -0.383 e. The number of halogens is 1. The van der Waals surface area contributed by atoms with Crippen molar-refractivity contribution in [2.75, 3.05) is 19.6 Å². The van der Waals surface area contributed by atoms with Gasteiger partial charge in [-0.3, -0.25) is 4.79 Å². The number of carbonyl (C=O) groups excluding carboxylic acids is 1. The van der Waals surface area contributed by atoms with Gasteiger partial charge >= 0.3 is 0 Å². The first kappa shape index (κ1) is 15.8. The lowest BCUT2D eigenvalue weighted by molar-refractivity contribution is -0.121. The number of benzene rings is 2. The summed E-state index contributed by atoms with van der Waals surface area (Å²) in [6.07, 6.45) is 1.07. The molecule has 0 aliphatic rings. The number of amides is 1. The number of alkyl halides is 1. The maximum Gasteiger partial charge on any atom is 0.224 e. The van der Waals surface area contributed by atoms with Crippen LogP contribution in [0.3, 0.4) is 0 Å². The van der Waals surface area contributed by atoms with E-state index in [1.54, 1.807) is 7.11 Å². The maximum atomic E-state index is 12.2. The molecule has 0 saturated heterocycles. The molecule has 1 atom stereocenters. The molecule has 2 aromatic rings. The van der Waals surface area contributed by atoms with Gasteiger partial charge in [0.2, 0.25) is 5.91 Å². The molecule has 0 saturated carbocycles. The van der Waals surface area contributed by atoms with E-state index in [2.05, 4.69) is 17.4 Å². The predicted molar refractivity (Wildman–Crippen MR) is 86.8 cm³/mol. The van der Waals surface area contributed by atoms with Gasteiger partial charge in [0.15, 0.2) is 0 Å². The molecule has 0 aliphatic carbocycles. The molecule has 21 heavy (non-hydrogen) atoms. The number of nitrogens with one attached hydrogen (secondary N) is 1. The molecule has 0 radical (unpaired) electrons. The van der Waals surface area contributed by atoms with Crippen LogP contribution in [0.15, 0.2) is 42.5 Å². The lowest BCUT2D eigenvalue weighted by Gasteiger charge is -2.17. The van der Waals surface area contributed by atoms with Crippen molar-refractivity contribution in [2.45, 2.75) is 18.9 Å². The fraction of sp³-hybridized carbons (Fsp3) is 0.353. The lowest BCUT2D eigenvalue weighted by Crippen LogP contribution is -2.39. The summed E-state index contributed by atoms with van der Waals surface area (Å²) in [5.74, 6) is 0.501. The quantitative estimate of drug-likeness (QED) is 0.798. The van der Waals surface area contributed by atoms with Gasteiger partial charge in [-0.05, 0) is 22.8 Å². The van der Waals surface area contributed by atoms with Crippen LogP contribution in [0.25, 0.3) is 10.8 Å². The summed E-state index contributed by atoms with van der Waals surface area (Å²) in [4.78, 5) is 12.2. The highest BCUT2D eigenvalue weighted by Crippen LogP contribution is 2.18. The monoisotopic (exact) mass is 305 g/mol. The first-order chi connectivity index (χ1) is 10.2. The van der Waals surface area contributed by atoms with Gasteiger partial charge < -0.3 is 10.1 Å². The smallest absolute Gasteiger partial charge is 0.224 e. The number of carbonyl (C=O) groups is 1. The summed E-state index contributed by atoms with van der Waals surface area (Å²) >= 11 is 5.75. The second-order valence-electron chi connectivity index (χ2n) is 5.01. The highest BCUT2D eigenvalue weighted by molar-refractivity contribution is 6.17. The third kappa shape index (κ3) is 4.45. The zero-order valence-corrected chi connectivity index (χ0v) is 12.9. The Labute approximate surface area is 130 Å². The normalized spacial score (nSPS) is 12.3. The molecule has 1 unspecified atom stereocenters. The number of hydrogen-bond donors (Lipinski definition) is 1. The van der Waals surface area contributed by atoms with E-state index >= 15 is 0 Å². The molecule has 1 N–H and O–H groups in total. The van der Waals surface area contributed by atoms with Crippen LogP contribution in [0.1, 0.15) is 12.0 Å². The standard InChI is InChI=1S/C17H20ClNO2/c1-21-12-15(9-10-18)19-17(20)11-14-7-4-6-13-5-2-3-8-16(13)14/h2-8,15H,9-12H2,1H3,(H,19,20). The van der Waals surface area contributed by atoms with E-state index in [4.69, 9.17) is 16.3 Å². The molecule has 0 heterocycles. The van der Waals surface area contributed by atoms with Gasteiger partial charge in [-0.2, -0.15) is 0 Å². The van der Waals surface area contributed by atoms with E-state index in [1.165, 1.54) is 0 Å². The molecule has 1 amide bonds. The molecule has 0 aliphatic heterocycles. The summed E-state index contributed by atoms with van der Waals surface area (Å²) < 4.78 is 5.10. The number of hydrogen-bond acceptors (Lipinski definition) is 2. The van der Waals surface area contributed by atoms with E-state index in [9.17, 15) is 4.79 Å². The zero-order valence-electron chi connectivity index (χ0n) is 12.1. The van der Waals surface area contributed by atoms with Gasteiger partial charge in [-0.15, -0.1) is 11.6 Å². The number of fused-ring (bicyclic) bond motifs is 1. The van der Waals surface area contributed by atoms with Gasteiger partial charge in [0.05, 0.1) is 19.1 Å². The Morgan fingerprint density at radius 3 is 2.76 bits per heavy atom. The van der Waals surface area contributed by atoms with Crippen LogP contribution >= 0.6 is 11.6 Å². The van der Waals surface area contributed by atoms with Crippen molar-refractivity contribution in [3.05, 3.63) is 48.0 Å². The van der Waals surface area contributed by atoms with Crippen molar-refractivity contribution < 1.29 is 9.53 Å². The van der Waals surface area contributed by atoms with Crippen LogP contribution in [-0.2, 0) is 16.0 Å².